The lowest BCUT2D eigenvalue weighted by atomic mass is 9.90. The first-order valence-corrected chi connectivity index (χ1v) is 12.6. The molecule has 0 bridgehead atoms. The van der Waals surface area contributed by atoms with Crippen molar-refractivity contribution >= 4 is 28.7 Å². The van der Waals surface area contributed by atoms with Gasteiger partial charge < -0.3 is 30.6 Å². The maximum atomic E-state index is 12.3. The molecule has 0 saturated heterocycles. The number of carboxylic acid groups (broad SMARTS) is 1. The molecule has 38 heavy (non-hydrogen) atoms. The number of carbonyl (C=O) groups is 2. The number of aromatic hydroxyl groups is 1. The van der Waals surface area contributed by atoms with Crippen LogP contribution in [0.25, 0.3) is 33.4 Å². The maximum Gasteiger partial charge on any atom is 0.336 e. The zero-order valence-corrected chi connectivity index (χ0v) is 21.8. The number of nitrogens with one attached hydrogen (secondary N) is 3. The number of hydrogen-bond donors (Lipinski definition) is 5. The molecule has 0 unspecified atom stereocenters. The molecule has 1 heterocycles. The van der Waals surface area contributed by atoms with E-state index in [1.54, 1.807) is 24.3 Å². The zero-order chi connectivity index (χ0) is 27.7. The molecule has 1 aliphatic carbocycles. The van der Waals surface area contributed by atoms with Crippen molar-refractivity contribution in [1.82, 2.24) is 10.6 Å². The smallest absolute Gasteiger partial charge is 0.336 e. The third-order valence-electron chi connectivity index (χ3n) is 5.84. The van der Waals surface area contributed by atoms with Crippen LogP contribution in [-0.4, -0.2) is 42.4 Å². The van der Waals surface area contributed by atoms with Crippen LogP contribution in [0.3, 0.4) is 0 Å². The van der Waals surface area contributed by atoms with Crippen LogP contribution in [0, 0.1) is 0 Å². The summed E-state index contributed by atoms with van der Waals surface area (Å²) in [6.45, 7) is 5.44. The predicted molar refractivity (Wildman–Crippen MR) is 149 cm³/mol. The van der Waals surface area contributed by atoms with Gasteiger partial charge in [0.1, 0.15) is 17.1 Å². The predicted octanol–water partition coefficient (Wildman–Crippen LogP) is 5.51. The molecule has 0 spiro atoms. The number of aromatic carboxylic acids is 1. The van der Waals surface area contributed by atoms with E-state index in [1.807, 2.05) is 20.9 Å². The Balaban J connectivity index is 0.00000195. The molecule has 2 aromatic rings. The van der Waals surface area contributed by atoms with Crippen molar-refractivity contribution in [3.8, 4) is 28.2 Å². The van der Waals surface area contributed by atoms with Crippen molar-refractivity contribution in [3.05, 3.63) is 70.4 Å². The molecule has 1 aliphatic heterocycles. The first-order chi connectivity index (χ1) is 18.4. The number of amides is 2. The summed E-state index contributed by atoms with van der Waals surface area (Å²) >= 11 is 0. The van der Waals surface area contributed by atoms with E-state index in [-0.39, 0.29) is 22.5 Å². The van der Waals surface area contributed by atoms with Gasteiger partial charge in [-0.15, -0.1) is 0 Å². The van der Waals surface area contributed by atoms with Crippen LogP contribution in [0.4, 0.5) is 10.5 Å². The van der Waals surface area contributed by atoms with Gasteiger partial charge in [0.05, 0.1) is 5.56 Å². The molecule has 2 amide bonds. The largest absolute Gasteiger partial charge is 0.508 e. The molecule has 9 nitrogen and oxygen atoms in total. The standard InChI is InChI=1S/C27H27N3O6.C2H6/c1-28-11-3-2-4-12-29-27(35)30-16-5-8-19(22(13-16)26(33)34)25-20-9-6-17(31)14-23(20)36-24-15-18(32)7-10-21(24)25;1-2/h5-10,13-15,28,31H,2-4,11-12H2,1H3,(H,33,34)(H2,29,30,35);1-2H3. The second-order valence-corrected chi connectivity index (χ2v) is 8.43. The third-order valence-corrected chi connectivity index (χ3v) is 5.84. The molecule has 200 valence electrons. The van der Waals surface area contributed by atoms with Crippen LogP contribution < -0.4 is 21.4 Å². The number of phenols is 1. The molecule has 0 aromatic heterocycles. The van der Waals surface area contributed by atoms with E-state index >= 15 is 0 Å². The van der Waals surface area contributed by atoms with Crippen LogP contribution in [0.2, 0.25) is 0 Å². The number of hydrogen-bond acceptors (Lipinski definition) is 6. The van der Waals surface area contributed by atoms with E-state index in [9.17, 15) is 24.6 Å². The van der Waals surface area contributed by atoms with Gasteiger partial charge in [0.25, 0.3) is 0 Å². The molecule has 2 aromatic carbocycles. The molecule has 0 atom stereocenters. The van der Waals surface area contributed by atoms with Crippen molar-refractivity contribution in [3.63, 3.8) is 0 Å². The minimum absolute atomic E-state index is 0.0270. The number of carboxylic acids is 1. The van der Waals surface area contributed by atoms with Crippen LogP contribution in [-0.2, 0) is 0 Å². The molecule has 0 radical (unpaired) electrons. The van der Waals surface area contributed by atoms with Crippen LogP contribution in [0.1, 0.15) is 43.5 Å². The fourth-order valence-corrected chi connectivity index (χ4v) is 4.15. The highest BCUT2D eigenvalue weighted by Gasteiger charge is 2.22. The zero-order valence-electron chi connectivity index (χ0n) is 21.8. The minimum Gasteiger partial charge on any atom is -0.508 e. The average molecular weight is 520 g/mol. The third kappa shape index (κ3) is 6.68. The topological polar surface area (TPSA) is 141 Å². The molecule has 9 heteroatoms. The van der Waals surface area contributed by atoms with Crippen LogP contribution in [0.5, 0.6) is 5.75 Å². The SMILES string of the molecule is CC.CNCCCCCNC(=O)Nc1ccc(-c2c3ccc(=O)cc-3oc3cc(O)ccc23)c(C(=O)O)c1. The Morgan fingerprint density at radius 3 is 2.37 bits per heavy atom. The van der Waals surface area contributed by atoms with Gasteiger partial charge >= 0.3 is 12.0 Å². The number of phenolic OH excluding ortho intramolecular Hbond substituents is 1. The Kier molecular flexibility index (Phi) is 9.84. The summed E-state index contributed by atoms with van der Waals surface area (Å²) in [5.41, 5.74) is 1.81. The number of unbranched alkanes of at least 4 members (excludes halogenated alkanes) is 2. The Bertz CT molecular complexity index is 1450. The summed E-state index contributed by atoms with van der Waals surface area (Å²) in [5, 5.41) is 29.1. The van der Waals surface area contributed by atoms with Gasteiger partial charge in [-0.05, 0) is 68.4 Å². The lowest BCUT2D eigenvalue weighted by molar-refractivity contribution is 0.0697. The number of rotatable bonds is 9. The fraction of sp³-hybridized carbons (Fsp3) is 0.276. The van der Waals surface area contributed by atoms with Crippen molar-refractivity contribution in [1.29, 1.82) is 0 Å². The molecular weight excluding hydrogens is 486 g/mol. The molecule has 0 saturated carbocycles. The minimum atomic E-state index is -1.18. The summed E-state index contributed by atoms with van der Waals surface area (Å²) in [7, 11) is 1.90. The van der Waals surface area contributed by atoms with E-state index in [4.69, 9.17) is 4.42 Å². The number of anilines is 1. The second-order valence-electron chi connectivity index (χ2n) is 8.43. The van der Waals surface area contributed by atoms with Gasteiger partial charge in [0.2, 0.25) is 0 Å². The van der Waals surface area contributed by atoms with Gasteiger partial charge in [-0.3, -0.25) is 4.79 Å². The summed E-state index contributed by atoms with van der Waals surface area (Å²) < 4.78 is 5.84. The number of benzene rings is 3. The van der Waals surface area contributed by atoms with Crippen LogP contribution in [0.15, 0.2) is 63.8 Å². The van der Waals surface area contributed by atoms with Crippen molar-refractivity contribution in [2.45, 2.75) is 33.1 Å². The first kappa shape index (κ1) is 28.2. The quantitative estimate of drug-likeness (QED) is 0.145. The number of urea groups is 1. The van der Waals surface area contributed by atoms with E-state index in [0.29, 0.717) is 39.9 Å². The molecule has 2 aliphatic rings. The lowest BCUT2D eigenvalue weighted by Crippen LogP contribution is -2.29. The monoisotopic (exact) mass is 519 g/mol. The highest BCUT2D eigenvalue weighted by atomic mass is 16.4. The van der Waals surface area contributed by atoms with E-state index < -0.39 is 12.0 Å². The molecule has 0 fully saturated rings. The average Bonchev–Trinajstić information content (AvgIpc) is 2.90. The van der Waals surface area contributed by atoms with E-state index in [0.717, 1.165) is 25.8 Å². The first-order valence-electron chi connectivity index (χ1n) is 12.6. The van der Waals surface area contributed by atoms with Gasteiger partial charge in [-0.2, -0.15) is 0 Å². The van der Waals surface area contributed by atoms with Gasteiger partial charge in [-0.1, -0.05) is 26.3 Å². The van der Waals surface area contributed by atoms with E-state index in [2.05, 4.69) is 16.0 Å². The second kappa shape index (κ2) is 13.3. The maximum absolute atomic E-state index is 12.3. The normalized spacial score (nSPS) is 10.6. The van der Waals surface area contributed by atoms with Gasteiger partial charge in [0.15, 0.2) is 5.43 Å². The molecule has 4 rings (SSSR count). The van der Waals surface area contributed by atoms with Crippen molar-refractivity contribution in [2.24, 2.45) is 0 Å². The van der Waals surface area contributed by atoms with Crippen molar-refractivity contribution in [2.75, 3.05) is 25.5 Å². The Morgan fingerprint density at radius 2 is 1.63 bits per heavy atom. The van der Waals surface area contributed by atoms with Gasteiger partial charge in [-0.25, -0.2) is 9.59 Å². The lowest BCUT2D eigenvalue weighted by Gasteiger charge is -2.17. The summed E-state index contributed by atoms with van der Waals surface area (Å²) in [4.78, 5) is 36.5. The highest BCUT2D eigenvalue weighted by molar-refractivity contribution is 6.08. The summed E-state index contributed by atoms with van der Waals surface area (Å²) in [6.07, 6.45) is 2.85. The Labute approximate surface area is 220 Å². The fourth-order valence-electron chi connectivity index (χ4n) is 4.15. The number of fused-ring (bicyclic) bond motifs is 2. The highest BCUT2D eigenvalue weighted by Crippen LogP contribution is 2.42. The van der Waals surface area contributed by atoms with Crippen LogP contribution >= 0.6 is 0 Å². The Hall–Kier alpha value is -4.37. The Morgan fingerprint density at radius 1 is 0.895 bits per heavy atom. The van der Waals surface area contributed by atoms with Gasteiger partial charge in [0, 0.05) is 40.9 Å². The van der Waals surface area contributed by atoms with Crippen molar-refractivity contribution < 1.29 is 24.2 Å². The molecular formula is C29H33N3O6. The number of carbonyl (C=O) groups excluding carboxylic acids is 1. The summed E-state index contributed by atoms with van der Waals surface area (Å²) in [6, 6.07) is 13.0. The summed E-state index contributed by atoms with van der Waals surface area (Å²) in [5.74, 6) is -0.941. The molecule has 5 N–H and O–H groups in total. The van der Waals surface area contributed by atoms with E-state index in [1.165, 1.54) is 30.3 Å².